The molecule has 18 heavy (non-hydrogen) atoms. The Morgan fingerprint density at radius 2 is 2.28 bits per heavy atom. The number of urea groups is 1. The van der Waals surface area contributed by atoms with Crippen molar-refractivity contribution in [3.63, 3.8) is 0 Å². The van der Waals surface area contributed by atoms with Crippen molar-refractivity contribution in [1.29, 1.82) is 0 Å². The first kappa shape index (κ1) is 13.7. The number of amides is 2. The number of nitrogens with zero attached hydrogens (tertiary/aromatic N) is 1. The Morgan fingerprint density at radius 1 is 1.50 bits per heavy atom. The van der Waals surface area contributed by atoms with Gasteiger partial charge in [0.2, 0.25) is 0 Å². The molecule has 1 saturated carbocycles. The van der Waals surface area contributed by atoms with Crippen LogP contribution in [-0.4, -0.2) is 44.3 Å². The number of likely N-dealkylation sites (tertiary alicyclic amines) is 1. The lowest BCUT2D eigenvalue weighted by atomic mass is 10.0. The van der Waals surface area contributed by atoms with Gasteiger partial charge in [0.1, 0.15) is 0 Å². The second kappa shape index (κ2) is 5.91. The van der Waals surface area contributed by atoms with E-state index in [2.05, 4.69) is 12.2 Å². The van der Waals surface area contributed by atoms with E-state index < -0.39 is 0 Å². The molecule has 0 radical (unpaired) electrons. The van der Waals surface area contributed by atoms with Crippen molar-refractivity contribution in [1.82, 2.24) is 10.2 Å². The number of hydrogen-bond acceptors (Lipinski definition) is 2. The fourth-order valence-electron chi connectivity index (χ4n) is 2.76. The summed E-state index contributed by atoms with van der Waals surface area (Å²) in [6.07, 6.45) is 5.92. The van der Waals surface area contributed by atoms with Crippen molar-refractivity contribution in [3.8, 4) is 0 Å². The minimum atomic E-state index is 0.130. The number of carbonyl (C=O) groups is 1. The van der Waals surface area contributed by atoms with Crippen LogP contribution in [0.25, 0.3) is 0 Å². The van der Waals surface area contributed by atoms with E-state index in [0.717, 1.165) is 39.1 Å². The van der Waals surface area contributed by atoms with Gasteiger partial charge in [-0.05, 0) is 43.4 Å². The fraction of sp³-hybridized carbons (Fsp3) is 0.929. The monoisotopic (exact) mass is 254 g/mol. The molecule has 2 fully saturated rings. The first-order valence-electron chi connectivity index (χ1n) is 7.17. The number of hydrogen-bond donors (Lipinski definition) is 1. The molecule has 0 aromatic rings. The van der Waals surface area contributed by atoms with Crippen molar-refractivity contribution in [3.05, 3.63) is 0 Å². The van der Waals surface area contributed by atoms with Crippen LogP contribution < -0.4 is 5.32 Å². The predicted octanol–water partition coefficient (Wildman–Crippen LogP) is 2.24. The largest absolute Gasteiger partial charge is 0.385 e. The highest BCUT2D eigenvalue weighted by Crippen LogP contribution is 2.48. The highest BCUT2D eigenvalue weighted by Gasteiger charge is 2.42. The molecular formula is C14H26N2O2. The molecule has 4 nitrogen and oxygen atoms in total. The number of ether oxygens (including phenoxy) is 1. The summed E-state index contributed by atoms with van der Waals surface area (Å²) < 4.78 is 5.13. The molecule has 0 aromatic carbocycles. The maximum atomic E-state index is 12.1. The van der Waals surface area contributed by atoms with Crippen LogP contribution in [0.2, 0.25) is 0 Å². The number of nitrogens with one attached hydrogen (secondary N) is 1. The molecule has 4 heteroatoms. The summed E-state index contributed by atoms with van der Waals surface area (Å²) in [5.41, 5.74) is 0.340. The molecule has 0 spiro atoms. The maximum Gasteiger partial charge on any atom is 0.317 e. The lowest BCUT2D eigenvalue weighted by Crippen LogP contribution is -2.46. The van der Waals surface area contributed by atoms with Crippen LogP contribution >= 0.6 is 0 Å². The molecule has 2 amide bonds. The van der Waals surface area contributed by atoms with Crippen molar-refractivity contribution < 1.29 is 9.53 Å². The van der Waals surface area contributed by atoms with Crippen LogP contribution in [-0.2, 0) is 4.74 Å². The van der Waals surface area contributed by atoms with Gasteiger partial charge in [0, 0.05) is 33.4 Å². The SMILES string of the molecule is COCCC1(CNC(=O)N2CCCC(C)C2)CC1. The third kappa shape index (κ3) is 3.61. The summed E-state index contributed by atoms with van der Waals surface area (Å²) in [5.74, 6) is 0.646. The van der Waals surface area contributed by atoms with E-state index in [1.807, 2.05) is 4.90 Å². The smallest absolute Gasteiger partial charge is 0.317 e. The van der Waals surface area contributed by atoms with Crippen LogP contribution in [0.5, 0.6) is 0 Å². The molecule has 2 aliphatic rings. The summed E-state index contributed by atoms with van der Waals surface area (Å²) >= 11 is 0. The first-order valence-corrected chi connectivity index (χ1v) is 7.17. The third-order valence-electron chi connectivity index (χ3n) is 4.35. The molecule has 1 N–H and O–H groups in total. The molecule has 0 bridgehead atoms. The molecule has 1 atom stereocenters. The standard InChI is InChI=1S/C14H26N2O2/c1-12-4-3-8-16(10-12)13(17)15-11-14(5-6-14)7-9-18-2/h12H,3-11H2,1-2H3,(H,15,17). The van der Waals surface area contributed by atoms with Gasteiger partial charge in [0.05, 0.1) is 0 Å². The van der Waals surface area contributed by atoms with E-state index in [1.54, 1.807) is 7.11 Å². The summed E-state index contributed by atoms with van der Waals surface area (Å²) in [6.45, 7) is 5.68. The van der Waals surface area contributed by atoms with Crippen molar-refractivity contribution in [2.24, 2.45) is 11.3 Å². The van der Waals surface area contributed by atoms with Gasteiger partial charge in [-0.2, -0.15) is 0 Å². The van der Waals surface area contributed by atoms with Crippen LogP contribution in [0.4, 0.5) is 4.79 Å². The Labute approximate surface area is 110 Å². The van der Waals surface area contributed by atoms with E-state index in [0.29, 0.717) is 11.3 Å². The average Bonchev–Trinajstić information content (AvgIpc) is 3.14. The lowest BCUT2D eigenvalue weighted by Gasteiger charge is -2.31. The van der Waals surface area contributed by atoms with Crippen LogP contribution in [0.3, 0.4) is 0 Å². The molecule has 1 saturated heterocycles. The molecule has 1 aliphatic carbocycles. The van der Waals surface area contributed by atoms with Gasteiger partial charge in [-0.15, -0.1) is 0 Å². The number of carbonyl (C=O) groups excluding carboxylic acids is 1. The molecule has 2 rings (SSSR count). The third-order valence-corrected chi connectivity index (χ3v) is 4.35. The predicted molar refractivity (Wildman–Crippen MR) is 71.5 cm³/mol. The zero-order chi connectivity index (χ0) is 13.0. The van der Waals surface area contributed by atoms with E-state index >= 15 is 0 Å². The minimum Gasteiger partial charge on any atom is -0.385 e. The molecule has 1 aliphatic heterocycles. The van der Waals surface area contributed by atoms with Crippen molar-refractivity contribution in [2.75, 3.05) is 33.4 Å². The second-order valence-corrected chi connectivity index (χ2v) is 6.09. The minimum absolute atomic E-state index is 0.130. The average molecular weight is 254 g/mol. The summed E-state index contributed by atoms with van der Waals surface area (Å²) in [6, 6.07) is 0.130. The molecule has 1 heterocycles. The van der Waals surface area contributed by atoms with E-state index in [4.69, 9.17) is 4.74 Å². The zero-order valence-electron chi connectivity index (χ0n) is 11.7. The quantitative estimate of drug-likeness (QED) is 0.817. The molecule has 0 aromatic heterocycles. The lowest BCUT2D eigenvalue weighted by molar-refractivity contribution is 0.158. The summed E-state index contributed by atoms with van der Waals surface area (Å²) in [5, 5.41) is 3.12. The molecule has 1 unspecified atom stereocenters. The summed E-state index contributed by atoms with van der Waals surface area (Å²) in [4.78, 5) is 14.0. The Bertz CT molecular complexity index is 290. The fourth-order valence-corrected chi connectivity index (χ4v) is 2.76. The number of piperidine rings is 1. The van der Waals surface area contributed by atoms with Gasteiger partial charge in [0.15, 0.2) is 0 Å². The molecule has 104 valence electrons. The van der Waals surface area contributed by atoms with Gasteiger partial charge < -0.3 is 15.0 Å². The number of rotatable bonds is 5. The Morgan fingerprint density at radius 3 is 2.89 bits per heavy atom. The van der Waals surface area contributed by atoms with Gasteiger partial charge in [0.25, 0.3) is 0 Å². The van der Waals surface area contributed by atoms with E-state index in [9.17, 15) is 4.79 Å². The maximum absolute atomic E-state index is 12.1. The topological polar surface area (TPSA) is 41.6 Å². The highest BCUT2D eigenvalue weighted by atomic mass is 16.5. The Hall–Kier alpha value is -0.770. The molecular weight excluding hydrogens is 228 g/mol. The van der Waals surface area contributed by atoms with E-state index in [-0.39, 0.29) is 6.03 Å². The Balaban J connectivity index is 1.71. The zero-order valence-corrected chi connectivity index (χ0v) is 11.7. The van der Waals surface area contributed by atoms with Crippen LogP contribution in [0.1, 0.15) is 39.0 Å². The summed E-state index contributed by atoms with van der Waals surface area (Å²) in [7, 11) is 1.74. The van der Waals surface area contributed by atoms with Gasteiger partial charge >= 0.3 is 6.03 Å². The Kier molecular flexibility index (Phi) is 4.49. The van der Waals surface area contributed by atoms with Crippen molar-refractivity contribution >= 4 is 6.03 Å². The van der Waals surface area contributed by atoms with Gasteiger partial charge in [-0.1, -0.05) is 6.92 Å². The van der Waals surface area contributed by atoms with Crippen LogP contribution in [0.15, 0.2) is 0 Å². The van der Waals surface area contributed by atoms with E-state index in [1.165, 1.54) is 19.3 Å². The normalized spacial score (nSPS) is 25.9. The highest BCUT2D eigenvalue weighted by molar-refractivity contribution is 5.74. The van der Waals surface area contributed by atoms with Crippen molar-refractivity contribution in [2.45, 2.75) is 39.0 Å². The van der Waals surface area contributed by atoms with Gasteiger partial charge in [-0.25, -0.2) is 4.79 Å². The second-order valence-electron chi connectivity index (χ2n) is 6.09. The van der Waals surface area contributed by atoms with Crippen LogP contribution in [0, 0.1) is 11.3 Å². The van der Waals surface area contributed by atoms with Gasteiger partial charge in [-0.3, -0.25) is 0 Å². The number of methoxy groups -OCH3 is 1. The first-order chi connectivity index (χ1) is 8.65.